The Kier molecular flexibility index (Phi) is 7.25. The van der Waals surface area contributed by atoms with Gasteiger partial charge in [0.1, 0.15) is 12.4 Å². The molecule has 1 aromatic carbocycles. The molecule has 2 aliphatic heterocycles. The highest BCUT2D eigenvalue weighted by Gasteiger charge is 2.41. The maximum atomic E-state index is 13.4. The van der Waals surface area contributed by atoms with Gasteiger partial charge in [-0.15, -0.1) is 0 Å². The second kappa shape index (κ2) is 10.3. The van der Waals surface area contributed by atoms with E-state index in [0.29, 0.717) is 12.6 Å². The van der Waals surface area contributed by atoms with Crippen molar-refractivity contribution in [1.29, 1.82) is 0 Å². The summed E-state index contributed by atoms with van der Waals surface area (Å²) in [5, 5.41) is 3.25. The fourth-order valence-corrected chi connectivity index (χ4v) is 4.78. The third-order valence-electron chi connectivity index (χ3n) is 6.76. The highest BCUT2D eigenvalue weighted by molar-refractivity contribution is 5.83. The standard InChI is InChI=1S/C25H34N4O3/c1-19-18-32-22-9-4-3-7-21(22)8-5-6-10-25(23(30)28-19)11-13-29(14-12-25)17-20-15-26-24(31-2)27-16-20/h3-4,7,9,15-16,19H,5-6,8,10-14,17-18H2,1-2H3,(H,28,30)/t19-/m1/s1. The van der Waals surface area contributed by atoms with Crippen molar-refractivity contribution in [2.75, 3.05) is 26.8 Å². The van der Waals surface area contributed by atoms with Crippen LogP contribution in [0.2, 0.25) is 0 Å². The van der Waals surface area contributed by atoms with Gasteiger partial charge in [-0.1, -0.05) is 24.6 Å². The van der Waals surface area contributed by atoms with Crippen LogP contribution < -0.4 is 14.8 Å². The molecule has 1 atom stereocenters. The quantitative estimate of drug-likeness (QED) is 0.792. The van der Waals surface area contributed by atoms with Gasteiger partial charge in [0, 0.05) is 24.5 Å². The summed E-state index contributed by atoms with van der Waals surface area (Å²) >= 11 is 0. The zero-order valence-corrected chi connectivity index (χ0v) is 19.2. The Labute approximate surface area is 190 Å². The van der Waals surface area contributed by atoms with Crippen LogP contribution in [0.3, 0.4) is 0 Å². The number of hydrogen-bond donors (Lipinski definition) is 1. The Balaban J connectivity index is 1.40. The molecule has 1 fully saturated rings. The topological polar surface area (TPSA) is 76.6 Å². The van der Waals surface area contributed by atoms with E-state index in [2.05, 4.69) is 32.3 Å². The molecule has 4 rings (SSSR count). The summed E-state index contributed by atoms with van der Waals surface area (Å²) in [7, 11) is 1.57. The first-order valence-corrected chi connectivity index (χ1v) is 11.7. The third-order valence-corrected chi connectivity index (χ3v) is 6.76. The number of ether oxygens (including phenoxy) is 2. The van der Waals surface area contributed by atoms with E-state index in [1.165, 1.54) is 5.56 Å². The molecule has 0 radical (unpaired) electrons. The van der Waals surface area contributed by atoms with Crippen LogP contribution in [0.4, 0.5) is 0 Å². The molecule has 0 unspecified atom stereocenters. The van der Waals surface area contributed by atoms with Gasteiger partial charge in [-0.3, -0.25) is 9.69 Å². The summed E-state index contributed by atoms with van der Waals surface area (Å²) in [5.74, 6) is 1.13. The number of piperidine rings is 1. The molecule has 1 spiro atoms. The second-order valence-electron chi connectivity index (χ2n) is 9.13. The summed E-state index contributed by atoms with van der Waals surface area (Å²) in [6.07, 6.45) is 9.43. The predicted octanol–water partition coefficient (Wildman–Crippen LogP) is 3.38. The lowest BCUT2D eigenvalue weighted by Crippen LogP contribution is -2.51. The maximum Gasteiger partial charge on any atom is 0.316 e. The lowest BCUT2D eigenvalue weighted by atomic mass is 9.73. The number of aromatic nitrogens is 2. The summed E-state index contributed by atoms with van der Waals surface area (Å²) in [5.41, 5.74) is 2.03. The number of methoxy groups -OCH3 is 1. The van der Waals surface area contributed by atoms with Gasteiger partial charge < -0.3 is 14.8 Å². The lowest BCUT2D eigenvalue weighted by molar-refractivity contribution is -0.135. The van der Waals surface area contributed by atoms with E-state index < -0.39 is 0 Å². The zero-order chi connectivity index (χ0) is 22.4. The van der Waals surface area contributed by atoms with Gasteiger partial charge in [0.2, 0.25) is 5.91 Å². The monoisotopic (exact) mass is 438 g/mol. The van der Waals surface area contributed by atoms with Crippen molar-refractivity contribution in [2.45, 2.75) is 58.0 Å². The van der Waals surface area contributed by atoms with Crippen molar-refractivity contribution < 1.29 is 14.3 Å². The molecule has 3 heterocycles. The highest BCUT2D eigenvalue weighted by atomic mass is 16.5. The van der Waals surface area contributed by atoms with E-state index in [1.807, 2.05) is 31.5 Å². The van der Waals surface area contributed by atoms with Crippen LogP contribution in [-0.4, -0.2) is 53.6 Å². The van der Waals surface area contributed by atoms with Crippen LogP contribution in [0.15, 0.2) is 36.7 Å². The van der Waals surface area contributed by atoms with Crippen LogP contribution in [0.1, 0.15) is 50.2 Å². The molecule has 0 saturated carbocycles. The van der Waals surface area contributed by atoms with Crippen molar-refractivity contribution in [3.05, 3.63) is 47.8 Å². The minimum Gasteiger partial charge on any atom is -0.491 e. The number of fused-ring (bicyclic) bond motifs is 1. The Hall–Kier alpha value is -2.67. The Morgan fingerprint density at radius 3 is 2.66 bits per heavy atom. The van der Waals surface area contributed by atoms with Gasteiger partial charge >= 0.3 is 6.01 Å². The number of carbonyl (C=O) groups is 1. The number of benzene rings is 1. The first-order chi connectivity index (χ1) is 15.6. The number of amides is 1. The highest BCUT2D eigenvalue weighted by Crippen LogP contribution is 2.38. The molecule has 7 heteroatoms. The van der Waals surface area contributed by atoms with Gasteiger partial charge in [0.25, 0.3) is 0 Å². The van der Waals surface area contributed by atoms with Gasteiger partial charge in [-0.25, -0.2) is 9.97 Å². The predicted molar refractivity (Wildman–Crippen MR) is 123 cm³/mol. The molecule has 2 aliphatic rings. The van der Waals surface area contributed by atoms with E-state index in [-0.39, 0.29) is 17.4 Å². The molecule has 1 N–H and O–H groups in total. The second-order valence-corrected chi connectivity index (χ2v) is 9.13. The molecular formula is C25H34N4O3. The van der Waals surface area contributed by atoms with E-state index in [1.54, 1.807) is 7.11 Å². The van der Waals surface area contributed by atoms with E-state index in [0.717, 1.165) is 69.5 Å². The number of likely N-dealkylation sites (tertiary alicyclic amines) is 1. The van der Waals surface area contributed by atoms with Gasteiger partial charge in [0.05, 0.1) is 18.6 Å². The Morgan fingerprint density at radius 2 is 1.91 bits per heavy atom. The summed E-state index contributed by atoms with van der Waals surface area (Å²) in [6, 6.07) is 8.62. The van der Waals surface area contributed by atoms with Crippen LogP contribution in [0.5, 0.6) is 11.8 Å². The minimum absolute atomic E-state index is 0.0265. The van der Waals surface area contributed by atoms with Gasteiger partial charge in [-0.05, 0) is 63.7 Å². The molecule has 1 amide bonds. The maximum absolute atomic E-state index is 13.4. The van der Waals surface area contributed by atoms with Crippen LogP contribution >= 0.6 is 0 Å². The van der Waals surface area contributed by atoms with Crippen molar-refractivity contribution in [3.8, 4) is 11.8 Å². The molecule has 2 aromatic rings. The SMILES string of the molecule is COc1ncc(CN2CCC3(CCCCc4ccccc4OC[C@@H](C)NC3=O)CC2)cn1. The number of nitrogens with zero attached hydrogens (tertiary/aromatic N) is 3. The van der Waals surface area contributed by atoms with Crippen LogP contribution in [-0.2, 0) is 17.8 Å². The molecule has 1 saturated heterocycles. The number of hydrogen-bond acceptors (Lipinski definition) is 6. The average Bonchev–Trinajstić information content (AvgIpc) is 2.82. The van der Waals surface area contributed by atoms with Crippen LogP contribution in [0.25, 0.3) is 0 Å². The van der Waals surface area contributed by atoms with Crippen molar-refractivity contribution in [2.24, 2.45) is 5.41 Å². The van der Waals surface area contributed by atoms with Crippen molar-refractivity contribution >= 4 is 5.91 Å². The summed E-state index contributed by atoms with van der Waals surface area (Å²) in [6.45, 7) is 5.10. The number of nitrogens with one attached hydrogen (secondary N) is 1. The number of para-hydroxylation sites is 1. The molecule has 172 valence electrons. The molecule has 7 nitrogen and oxygen atoms in total. The molecule has 0 bridgehead atoms. The fraction of sp³-hybridized carbons (Fsp3) is 0.560. The number of rotatable bonds is 3. The smallest absolute Gasteiger partial charge is 0.316 e. The first-order valence-electron chi connectivity index (χ1n) is 11.7. The van der Waals surface area contributed by atoms with E-state index >= 15 is 0 Å². The van der Waals surface area contributed by atoms with Gasteiger partial charge in [0.15, 0.2) is 0 Å². The Bertz CT molecular complexity index is 894. The van der Waals surface area contributed by atoms with Gasteiger partial charge in [-0.2, -0.15) is 0 Å². The Morgan fingerprint density at radius 1 is 1.16 bits per heavy atom. The zero-order valence-electron chi connectivity index (χ0n) is 19.2. The largest absolute Gasteiger partial charge is 0.491 e. The number of aryl methyl sites for hydroxylation is 1. The number of carbonyl (C=O) groups excluding carboxylic acids is 1. The molecule has 1 aromatic heterocycles. The summed E-state index contributed by atoms with van der Waals surface area (Å²) < 4.78 is 11.1. The first kappa shape index (κ1) is 22.5. The van der Waals surface area contributed by atoms with Crippen molar-refractivity contribution in [1.82, 2.24) is 20.2 Å². The average molecular weight is 439 g/mol. The molecular weight excluding hydrogens is 404 g/mol. The normalized spacial score (nSPS) is 22.1. The molecule has 0 aliphatic carbocycles. The fourth-order valence-electron chi connectivity index (χ4n) is 4.78. The lowest BCUT2D eigenvalue weighted by Gasteiger charge is -2.41. The van der Waals surface area contributed by atoms with Crippen molar-refractivity contribution in [3.63, 3.8) is 0 Å². The minimum atomic E-state index is -0.292. The van der Waals surface area contributed by atoms with E-state index in [9.17, 15) is 4.79 Å². The third kappa shape index (κ3) is 5.38. The summed E-state index contributed by atoms with van der Waals surface area (Å²) in [4.78, 5) is 24.2. The molecule has 32 heavy (non-hydrogen) atoms. The van der Waals surface area contributed by atoms with E-state index in [4.69, 9.17) is 9.47 Å². The van der Waals surface area contributed by atoms with Crippen LogP contribution in [0, 0.1) is 5.41 Å².